The molecule has 0 aromatic rings. The molecule has 3 N–H and O–H groups in total. The topological polar surface area (TPSA) is 49.5 Å². The predicted molar refractivity (Wildman–Crippen MR) is 62.6 cm³/mol. The minimum Gasteiger partial charge on any atom is -0.395 e. The highest BCUT2D eigenvalue weighted by Crippen LogP contribution is 2.31. The lowest BCUT2D eigenvalue weighted by Crippen LogP contribution is -2.49. The van der Waals surface area contributed by atoms with Crippen LogP contribution in [0.4, 0.5) is 13.2 Å². The van der Waals surface area contributed by atoms with Gasteiger partial charge in [0.2, 0.25) is 0 Å². The minimum absolute atomic E-state index is 0.126. The van der Waals surface area contributed by atoms with Crippen LogP contribution in [0.15, 0.2) is 0 Å². The number of hydrogen-bond donors (Lipinski definition) is 2. The summed E-state index contributed by atoms with van der Waals surface area (Å²) < 4.78 is 38.1. The fourth-order valence-corrected chi connectivity index (χ4v) is 2.10. The molecule has 17 heavy (non-hydrogen) atoms. The van der Waals surface area contributed by atoms with Crippen molar-refractivity contribution in [2.45, 2.75) is 31.5 Å². The van der Waals surface area contributed by atoms with Crippen LogP contribution in [-0.2, 0) is 0 Å². The van der Waals surface area contributed by atoms with Crippen molar-refractivity contribution in [2.24, 2.45) is 11.7 Å². The summed E-state index contributed by atoms with van der Waals surface area (Å²) in [5.74, 6) is -1.79. The number of halogens is 3. The third kappa shape index (κ3) is 4.08. The number of rotatable bonds is 6. The van der Waals surface area contributed by atoms with Crippen molar-refractivity contribution < 1.29 is 18.3 Å². The number of aliphatic hydroxyl groups excluding tert-OH is 1. The van der Waals surface area contributed by atoms with E-state index >= 15 is 0 Å². The summed E-state index contributed by atoms with van der Waals surface area (Å²) in [5, 5.41) is 8.87. The van der Waals surface area contributed by atoms with Gasteiger partial charge >= 0.3 is 6.18 Å². The van der Waals surface area contributed by atoms with E-state index in [0.717, 1.165) is 19.3 Å². The lowest BCUT2D eigenvalue weighted by Gasteiger charge is -2.39. The van der Waals surface area contributed by atoms with Crippen LogP contribution in [0.1, 0.15) is 19.3 Å². The lowest BCUT2D eigenvalue weighted by molar-refractivity contribution is -0.161. The first-order valence-corrected chi connectivity index (χ1v) is 5.98. The van der Waals surface area contributed by atoms with Crippen molar-refractivity contribution >= 4 is 17.2 Å². The van der Waals surface area contributed by atoms with Crippen LogP contribution in [0, 0.1) is 5.92 Å². The Kier molecular flexibility index (Phi) is 5.15. The van der Waals surface area contributed by atoms with Gasteiger partial charge in [0.25, 0.3) is 0 Å². The molecule has 1 unspecified atom stereocenters. The molecular formula is C10H17F3N2OS. The Morgan fingerprint density at radius 2 is 2.06 bits per heavy atom. The number of thiocarbonyl (C=S) groups is 1. The fourth-order valence-electron chi connectivity index (χ4n) is 1.89. The van der Waals surface area contributed by atoms with E-state index in [4.69, 9.17) is 10.8 Å². The summed E-state index contributed by atoms with van der Waals surface area (Å²) in [7, 11) is 0. The SMILES string of the molecule is NC(=S)C(CN(CCO)C1CCC1)C(F)(F)F. The molecule has 7 heteroatoms. The highest BCUT2D eigenvalue weighted by molar-refractivity contribution is 7.80. The monoisotopic (exact) mass is 270 g/mol. The number of nitrogens with zero attached hydrogens (tertiary/aromatic N) is 1. The van der Waals surface area contributed by atoms with Gasteiger partial charge in [-0.05, 0) is 12.8 Å². The van der Waals surface area contributed by atoms with Gasteiger partial charge in [-0.1, -0.05) is 18.6 Å². The maximum atomic E-state index is 12.7. The summed E-state index contributed by atoms with van der Waals surface area (Å²) in [5.41, 5.74) is 5.15. The molecule has 1 aliphatic carbocycles. The third-order valence-electron chi connectivity index (χ3n) is 3.13. The van der Waals surface area contributed by atoms with E-state index in [0.29, 0.717) is 0 Å². The summed E-state index contributed by atoms with van der Waals surface area (Å²) in [6.45, 7) is -0.164. The van der Waals surface area contributed by atoms with E-state index in [9.17, 15) is 13.2 Å². The normalized spacial score (nSPS) is 19.1. The van der Waals surface area contributed by atoms with Crippen molar-refractivity contribution in [3.05, 3.63) is 0 Å². The molecule has 0 aromatic carbocycles. The maximum Gasteiger partial charge on any atom is 0.399 e. The van der Waals surface area contributed by atoms with E-state index in [1.807, 2.05) is 0 Å². The first-order chi connectivity index (χ1) is 7.86. The maximum absolute atomic E-state index is 12.7. The second kappa shape index (κ2) is 5.97. The van der Waals surface area contributed by atoms with Gasteiger partial charge in [0.1, 0.15) is 5.92 Å². The summed E-state index contributed by atoms with van der Waals surface area (Å²) in [6.07, 6.45) is -1.64. The highest BCUT2D eigenvalue weighted by atomic mass is 32.1. The molecule has 1 fully saturated rings. The van der Waals surface area contributed by atoms with Crippen molar-refractivity contribution in [1.82, 2.24) is 4.90 Å². The molecule has 1 rings (SSSR count). The van der Waals surface area contributed by atoms with Crippen molar-refractivity contribution in [3.63, 3.8) is 0 Å². The van der Waals surface area contributed by atoms with E-state index in [1.165, 1.54) is 0 Å². The zero-order valence-corrected chi connectivity index (χ0v) is 10.2. The minimum atomic E-state index is -4.41. The molecule has 1 aliphatic rings. The van der Waals surface area contributed by atoms with Gasteiger partial charge in [-0.3, -0.25) is 4.90 Å². The van der Waals surface area contributed by atoms with Crippen molar-refractivity contribution in [2.75, 3.05) is 19.7 Å². The fraction of sp³-hybridized carbons (Fsp3) is 0.900. The molecular weight excluding hydrogens is 253 g/mol. The van der Waals surface area contributed by atoms with Gasteiger partial charge < -0.3 is 10.8 Å². The Morgan fingerprint density at radius 3 is 2.35 bits per heavy atom. The largest absolute Gasteiger partial charge is 0.399 e. The van der Waals surface area contributed by atoms with Gasteiger partial charge in [0, 0.05) is 19.1 Å². The average Bonchev–Trinajstić information content (AvgIpc) is 2.08. The molecule has 0 spiro atoms. The van der Waals surface area contributed by atoms with E-state index in [-0.39, 0.29) is 25.7 Å². The van der Waals surface area contributed by atoms with E-state index < -0.39 is 17.1 Å². The third-order valence-corrected chi connectivity index (χ3v) is 3.42. The quantitative estimate of drug-likeness (QED) is 0.714. The van der Waals surface area contributed by atoms with Gasteiger partial charge in [0.05, 0.1) is 11.6 Å². The molecule has 0 amide bonds. The zero-order chi connectivity index (χ0) is 13.1. The summed E-state index contributed by atoms with van der Waals surface area (Å²) in [4.78, 5) is 1.11. The van der Waals surface area contributed by atoms with Crippen LogP contribution < -0.4 is 5.73 Å². The molecule has 1 saturated carbocycles. The predicted octanol–water partition coefficient (Wildman–Crippen LogP) is 1.30. The zero-order valence-electron chi connectivity index (χ0n) is 9.41. The Labute approximate surface area is 104 Å². The van der Waals surface area contributed by atoms with Crippen LogP contribution in [0.2, 0.25) is 0 Å². The number of aliphatic hydroxyl groups is 1. The van der Waals surface area contributed by atoms with Crippen LogP contribution in [0.5, 0.6) is 0 Å². The van der Waals surface area contributed by atoms with Crippen LogP contribution >= 0.6 is 12.2 Å². The standard InChI is InChI=1S/C10H17F3N2OS/c11-10(12,13)8(9(14)17)6-15(4-5-16)7-2-1-3-7/h7-8,16H,1-6H2,(H2,14,17). The molecule has 1 atom stereocenters. The van der Waals surface area contributed by atoms with Crippen molar-refractivity contribution in [1.29, 1.82) is 0 Å². The molecule has 100 valence electrons. The summed E-state index contributed by atoms with van der Waals surface area (Å²) >= 11 is 4.48. The highest BCUT2D eigenvalue weighted by Gasteiger charge is 2.43. The van der Waals surface area contributed by atoms with Gasteiger partial charge in [-0.25, -0.2) is 0 Å². The molecule has 0 aromatic heterocycles. The molecule has 0 radical (unpaired) electrons. The van der Waals surface area contributed by atoms with Gasteiger partial charge in [0.15, 0.2) is 0 Å². The Morgan fingerprint density at radius 1 is 1.47 bits per heavy atom. The average molecular weight is 270 g/mol. The van der Waals surface area contributed by atoms with Crippen LogP contribution in [0.25, 0.3) is 0 Å². The first-order valence-electron chi connectivity index (χ1n) is 5.57. The molecule has 0 heterocycles. The van der Waals surface area contributed by atoms with Crippen molar-refractivity contribution in [3.8, 4) is 0 Å². The second-order valence-corrected chi connectivity index (χ2v) is 4.77. The number of hydrogen-bond acceptors (Lipinski definition) is 3. The molecule has 0 aliphatic heterocycles. The smallest absolute Gasteiger partial charge is 0.395 e. The van der Waals surface area contributed by atoms with E-state index in [2.05, 4.69) is 12.2 Å². The Balaban J connectivity index is 2.64. The Hall–Kier alpha value is -0.400. The second-order valence-electron chi connectivity index (χ2n) is 4.30. The van der Waals surface area contributed by atoms with E-state index in [1.54, 1.807) is 4.90 Å². The molecule has 0 saturated heterocycles. The lowest BCUT2D eigenvalue weighted by atomic mass is 9.90. The number of nitrogens with two attached hydrogens (primary N) is 1. The van der Waals surface area contributed by atoms with Gasteiger partial charge in [-0.15, -0.1) is 0 Å². The number of alkyl halides is 3. The van der Waals surface area contributed by atoms with Crippen LogP contribution in [-0.4, -0.2) is 46.9 Å². The summed E-state index contributed by atoms with van der Waals surface area (Å²) in [6, 6.07) is 0.126. The van der Waals surface area contributed by atoms with Crippen LogP contribution in [0.3, 0.4) is 0 Å². The first kappa shape index (κ1) is 14.7. The Bertz CT molecular complexity index is 269. The van der Waals surface area contributed by atoms with Gasteiger partial charge in [-0.2, -0.15) is 13.2 Å². The molecule has 0 bridgehead atoms. The molecule has 3 nitrogen and oxygen atoms in total.